The van der Waals surface area contributed by atoms with Crippen LogP contribution < -0.4 is 0 Å². The van der Waals surface area contributed by atoms with Crippen molar-refractivity contribution in [3.63, 3.8) is 0 Å². The highest BCUT2D eigenvalue weighted by atomic mass is 19.1. The molecule has 0 aliphatic carbocycles. The van der Waals surface area contributed by atoms with Crippen molar-refractivity contribution in [2.24, 2.45) is 5.92 Å². The first-order valence-corrected chi connectivity index (χ1v) is 9.18. The zero-order valence-electron chi connectivity index (χ0n) is 15.2. The van der Waals surface area contributed by atoms with E-state index in [0.29, 0.717) is 17.5 Å². The van der Waals surface area contributed by atoms with E-state index in [1.807, 2.05) is 18.2 Å². The topological polar surface area (TPSA) is 39.6 Å². The maximum atomic E-state index is 14.0. The van der Waals surface area contributed by atoms with Crippen molar-refractivity contribution in [3.8, 4) is 0 Å². The molecule has 1 aliphatic rings. The molecule has 136 valence electrons. The molecule has 1 N–H and O–H groups in total. The van der Waals surface area contributed by atoms with Crippen molar-refractivity contribution in [2.45, 2.75) is 32.9 Å². The first-order valence-electron chi connectivity index (χ1n) is 9.18. The average molecular weight is 345 g/mol. The Labute approximate surface area is 149 Å². The minimum absolute atomic E-state index is 0.215. The van der Waals surface area contributed by atoms with Crippen LogP contribution in [0.15, 0.2) is 30.3 Å². The van der Waals surface area contributed by atoms with Crippen molar-refractivity contribution in [3.05, 3.63) is 41.8 Å². The van der Waals surface area contributed by atoms with Gasteiger partial charge in [-0.2, -0.15) is 0 Å². The lowest BCUT2D eigenvalue weighted by Crippen LogP contribution is -2.53. The molecule has 3 rings (SSSR count). The summed E-state index contributed by atoms with van der Waals surface area (Å²) in [6.45, 7) is 9.37. The van der Waals surface area contributed by atoms with Gasteiger partial charge in [-0.05, 0) is 24.5 Å². The molecule has 0 unspecified atom stereocenters. The SMILES string of the molecule is CC(C)CN1CCN(Cc2ccc3cccc(F)c3n2)C[C@H]1CCO. The fourth-order valence-corrected chi connectivity index (χ4v) is 3.70. The molecule has 0 bridgehead atoms. The van der Waals surface area contributed by atoms with Crippen LogP contribution in [0.4, 0.5) is 4.39 Å². The lowest BCUT2D eigenvalue weighted by atomic mass is 10.1. The fourth-order valence-electron chi connectivity index (χ4n) is 3.70. The Kier molecular flexibility index (Phi) is 5.99. The molecule has 0 radical (unpaired) electrons. The second kappa shape index (κ2) is 8.21. The number of aliphatic hydroxyl groups excluding tert-OH is 1. The van der Waals surface area contributed by atoms with Gasteiger partial charge in [0.15, 0.2) is 0 Å². The van der Waals surface area contributed by atoms with Crippen LogP contribution in [0.3, 0.4) is 0 Å². The Morgan fingerprint density at radius 2 is 2.08 bits per heavy atom. The normalized spacial score (nSPS) is 19.8. The molecule has 2 aromatic rings. The van der Waals surface area contributed by atoms with Gasteiger partial charge in [-0.1, -0.05) is 32.0 Å². The van der Waals surface area contributed by atoms with E-state index in [1.54, 1.807) is 6.07 Å². The van der Waals surface area contributed by atoms with Crippen molar-refractivity contribution in [1.82, 2.24) is 14.8 Å². The van der Waals surface area contributed by atoms with Crippen LogP contribution in [0.1, 0.15) is 26.0 Å². The van der Waals surface area contributed by atoms with E-state index in [1.165, 1.54) is 6.07 Å². The zero-order valence-corrected chi connectivity index (χ0v) is 15.2. The van der Waals surface area contributed by atoms with Gasteiger partial charge >= 0.3 is 0 Å². The third kappa shape index (κ3) is 4.54. The second-order valence-corrected chi connectivity index (χ2v) is 7.40. The van der Waals surface area contributed by atoms with Gasteiger partial charge in [0.05, 0.1) is 5.69 Å². The zero-order chi connectivity index (χ0) is 17.8. The van der Waals surface area contributed by atoms with E-state index in [4.69, 9.17) is 0 Å². The second-order valence-electron chi connectivity index (χ2n) is 7.40. The number of benzene rings is 1. The Morgan fingerprint density at radius 1 is 1.24 bits per heavy atom. The minimum atomic E-state index is -0.265. The van der Waals surface area contributed by atoms with Crippen molar-refractivity contribution >= 4 is 10.9 Å². The Balaban J connectivity index is 1.69. The number of halogens is 1. The molecule has 1 fully saturated rings. The Bertz CT molecular complexity index is 706. The number of pyridine rings is 1. The Morgan fingerprint density at radius 3 is 2.84 bits per heavy atom. The van der Waals surface area contributed by atoms with Gasteiger partial charge in [-0.25, -0.2) is 9.37 Å². The van der Waals surface area contributed by atoms with Gasteiger partial charge in [0.2, 0.25) is 0 Å². The number of nitrogens with zero attached hydrogens (tertiary/aromatic N) is 3. The van der Waals surface area contributed by atoms with E-state index < -0.39 is 0 Å². The molecule has 5 heteroatoms. The number of aromatic nitrogens is 1. The van der Waals surface area contributed by atoms with Gasteiger partial charge in [0.25, 0.3) is 0 Å². The third-order valence-electron chi connectivity index (χ3n) is 4.87. The molecule has 0 saturated carbocycles. The number of hydrogen-bond acceptors (Lipinski definition) is 4. The van der Waals surface area contributed by atoms with Crippen LogP contribution in [0, 0.1) is 11.7 Å². The van der Waals surface area contributed by atoms with Gasteiger partial charge in [0, 0.05) is 50.8 Å². The first-order chi connectivity index (χ1) is 12.1. The van der Waals surface area contributed by atoms with E-state index in [0.717, 1.165) is 50.2 Å². The molecular weight excluding hydrogens is 317 g/mol. The fraction of sp³-hybridized carbons (Fsp3) is 0.550. The predicted octanol–water partition coefficient (Wildman–Crippen LogP) is 2.90. The highest BCUT2D eigenvalue weighted by Crippen LogP contribution is 2.19. The quantitative estimate of drug-likeness (QED) is 0.874. The average Bonchev–Trinajstić information content (AvgIpc) is 2.58. The largest absolute Gasteiger partial charge is 0.396 e. The summed E-state index contributed by atoms with van der Waals surface area (Å²) in [4.78, 5) is 9.39. The summed E-state index contributed by atoms with van der Waals surface area (Å²) < 4.78 is 14.0. The van der Waals surface area contributed by atoms with Crippen LogP contribution in [0.2, 0.25) is 0 Å². The molecule has 0 amide bonds. The summed E-state index contributed by atoms with van der Waals surface area (Å²) in [7, 11) is 0. The van der Waals surface area contributed by atoms with Gasteiger partial charge in [0.1, 0.15) is 11.3 Å². The predicted molar refractivity (Wildman–Crippen MR) is 98.9 cm³/mol. The minimum Gasteiger partial charge on any atom is -0.396 e. The maximum absolute atomic E-state index is 14.0. The van der Waals surface area contributed by atoms with Crippen LogP contribution in [-0.4, -0.2) is 58.7 Å². The number of para-hydroxylation sites is 1. The van der Waals surface area contributed by atoms with E-state index in [-0.39, 0.29) is 12.4 Å². The lowest BCUT2D eigenvalue weighted by Gasteiger charge is -2.42. The van der Waals surface area contributed by atoms with Crippen molar-refractivity contribution in [1.29, 1.82) is 0 Å². The summed E-state index contributed by atoms with van der Waals surface area (Å²) in [5, 5.41) is 10.2. The number of piperazine rings is 1. The molecule has 1 saturated heterocycles. The van der Waals surface area contributed by atoms with Crippen LogP contribution >= 0.6 is 0 Å². The third-order valence-corrected chi connectivity index (χ3v) is 4.87. The molecule has 1 aromatic heterocycles. The summed E-state index contributed by atoms with van der Waals surface area (Å²) >= 11 is 0. The number of aliphatic hydroxyl groups is 1. The van der Waals surface area contributed by atoms with E-state index in [9.17, 15) is 9.50 Å². The maximum Gasteiger partial charge on any atom is 0.149 e. The Hall–Kier alpha value is -1.56. The summed E-state index contributed by atoms with van der Waals surface area (Å²) in [5.41, 5.74) is 1.35. The van der Waals surface area contributed by atoms with Gasteiger partial charge in [-0.3, -0.25) is 9.80 Å². The highest BCUT2D eigenvalue weighted by molar-refractivity contribution is 5.79. The van der Waals surface area contributed by atoms with Crippen molar-refractivity contribution < 1.29 is 9.50 Å². The molecular formula is C20H28FN3O. The molecule has 1 atom stereocenters. The summed E-state index contributed by atoms with van der Waals surface area (Å²) in [6.07, 6.45) is 0.795. The standard InChI is InChI=1S/C20H28FN3O/c1-15(2)12-24-10-9-23(14-18(24)8-11-25)13-17-7-6-16-4-3-5-19(21)20(16)22-17/h3-7,15,18,25H,8-14H2,1-2H3/t18-/m1/s1. The highest BCUT2D eigenvalue weighted by Gasteiger charge is 2.27. The molecule has 2 heterocycles. The first kappa shape index (κ1) is 18.2. The van der Waals surface area contributed by atoms with Crippen LogP contribution in [0.25, 0.3) is 10.9 Å². The smallest absolute Gasteiger partial charge is 0.149 e. The van der Waals surface area contributed by atoms with Gasteiger partial charge < -0.3 is 5.11 Å². The molecule has 0 spiro atoms. The number of hydrogen-bond donors (Lipinski definition) is 1. The van der Waals surface area contributed by atoms with Crippen molar-refractivity contribution in [2.75, 3.05) is 32.8 Å². The van der Waals surface area contributed by atoms with E-state index in [2.05, 4.69) is 28.6 Å². The van der Waals surface area contributed by atoms with Crippen LogP contribution in [0.5, 0.6) is 0 Å². The van der Waals surface area contributed by atoms with Crippen LogP contribution in [-0.2, 0) is 6.54 Å². The molecule has 25 heavy (non-hydrogen) atoms. The molecule has 1 aliphatic heterocycles. The number of fused-ring (bicyclic) bond motifs is 1. The summed E-state index contributed by atoms with van der Waals surface area (Å²) in [6, 6.07) is 9.37. The molecule has 4 nitrogen and oxygen atoms in total. The molecule has 1 aromatic carbocycles. The lowest BCUT2D eigenvalue weighted by molar-refractivity contribution is 0.0472. The number of rotatable bonds is 6. The monoisotopic (exact) mass is 345 g/mol. The summed E-state index contributed by atoms with van der Waals surface area (Å²) in [5.74, 6) is 0.358. The van der Waals surface area contributed by atoms with Gasteiger partial charge in [-0.15, -0.1) is 0 Å². The van der Waals surface area contributed by atoms with E-state index >= 15 is 0 Å².